The van der Waals surface area contributed by atoms with Crippen LogP contribution >= 0.6 is 0 Å². The van der Waals surface area contributed by atoms with E-state index >= 15 is 0 Å². The van der Waals surface area contributed by atoms with Gasteiger partial charge in [-0.05, 0) is 21.5 Å². The molecule has 10 heteroatoms. The number of halogens is 6. The van der Waals surface area contributed by atoms with Gasteiger partial charge in [0.15, 0.2) is 0 Å². The minimum atomic E-state index is -5.10. The molecule has 0 heterocycles. The predicted octanol–water partition coefficient (Wildman–Crippen LogP) is 6.82. The van der Waals surface area contributed by atoms with Crippen molar-refractivity contribution < 1.29 is 35.9 Å². The van der Waals surface area contributed by atoms with E-state index < -0.39 is 23.9 Å². The standard InChI is InChI=1S/C30H22F6N2O2/c31-29(32,33)27(39)17-25(23-13-5-9-19-7-1-3-11-21(19)23)37-15-16-38-26(18-28(40)30(34,35)36)24-14-6-10-20-8-2-4-12-22(20)24/h1-14,17-18,37-38H,15-16H2/b25-17-,26-18-. The van der Waals surface area contributed by atoms with Crippen molar-refractivity contribution in [3.63, 3.8) is 0 Å². The predicted molar refractivity (Wildman–Crippen MR) is 142 cm³/mol. The van der Waals surface area contributed by atoms with Crippen LogP contribution in [0.15, 0.2) is 97.1 Å². The largest absolute Gasteiger partial charge is 0.454 e. The molecule has 4 rings (SSSR count). The van der Waals surface area contributed by atoms with Crippen molar-refractivity contribution in [3.05, 3.63) is 108 Å². The SMILES string of the molecule is O=C(/C=C(\NCCN/C(=C\C(=O)C(F)(F)F)c1cccc2ccccc12)c1cccc2ccccc12)C(F)(F)F. The maximum absolute atomic E-state index is 13.1. The lowest BCUT2D eigenvalue weighted by molar-refractivity contribution is -0.165. The molecule has 0 aliphatic carbocycles. The van der Waals surface area contributed by atoms with Gasteiger partial charge in [0, 0.05) is 47.8 Å². The monoisotopic (exact) mass is 556 g/mol. The third-order valence-corrected chi connectivity index (χ3v) is 6.03. The molecular formula is C30H22F6N2O2. The van der Waals surface area contributed by atoms with Crippen LogP contribution in [0.1, 0.15) is 11.1 Å². The lowest BCUT2D eigenvalue weighted by Gasteiger charge is -2.17. The number of carbonyl (C=O) groups is 2. The fraction of sp³-hybridized carbons (Fsp3) is 0.133. The fourth-order valence-corrected chi connectivity index (χ4v) is 4.19. The lowest BCUT2D eigenvalue weighted by Crippen LogP contribution is -2.29. The Labute approximate surface area is 225 Å². The van der Waals surface area contributed by atoms with E-state index in [9.17, 15) is 35.9 Å². The molecular weight excluding hydrogens is 534 g/mol. The Morgan fingerprint density at radius 1 is 0.550 bits per heavy atom. The summed E-state index contributed by atoms with van der Waals surface area (Å²) in [5, 5.41) is 8.26. The number of ketones is 2. The zero-order chi connectivity index (χ0) is 28.9. The molecule has 0 radical (unpaired) electrons. The molecule has 4 nitrogen and oxygen atoms in total. The van der Waals surface area contributed by atoms with Gasteiger partial charge in [-0.2, -0.15) is 26.3 Å². The molecule has 206 valence electrons. The van der Waals surface area contributed by atoms with Crippen molar-refractivity contribution in [2.75, 3.05) is 13.1 Å². The highest BCUT2D eigenvalue weighted by Gasteiger charge is 2.37. The van der Waals surface area contributed by atoms with Crippen LogP contribution in [0.4, 0.5) is 26.3 Å². The Hall–Kier alpha value is -4.60. The molecule has 40 heavy (non-hydrogen) atoms. The number of hydrogen-bond acceptors (Lipinski definition) is 4. The van der Waals surface area contributed by atoms with Crippen LogP contribution in [0.3, 0.4) is 0 Å². The Morgan fingerprint density at radius 3 is 1.27 bits per heavy atom. The number of fused-ring (bicyclic) bond motifs is 2. The van der Waals surface area contributed by atoms with Gasteiger partial charge in [-0.1, -0.05) is 84.9 Å². The topological polar surface area (TPSA) is 58.2 Å². The van der Waals surface area contributed by atoms with Crippen LogP contribution in [-0.4, -0.2) is 37.0 Å². The second-order valence-corrected chi connectivity index (χ2v) is 8.75. The van der Waals surface area contributed by atoms with E-state index in [0.717, 1.165) is 10.8 Å². The second-order valence-electron chi connectivity index (χ2n) is 8.75. The van der Waals surface area contributed by atoms with Crippen molar-refractivity contribution in [2.45, 2.75) is 12.4 Å². The summed E-state index contributed by atoms with van der Waals surface area (Å²) in [5.41, 5.74) is 0.464. The summed E-state index contributed by atoms with van der Waals surface area (Å²) in [6, 6.07) is 23.8. The molecule has 4 aromatic rings. The number of carbonyl (C=O) groups excluding carboxylic acids is 2. The van der Waals surface area contributed by atoms with Gasteiger partial charge < -0.3 is 10.6 Å². The summed E-state index contributed by atoms with van der Waals surface area (Å²) in [6.07, 6.45) is -9.29. The van der Waals surface area contributed by atoms with Gasteiger partial charge in [0.25, 0.3) is 11.6 Å². The molecule has 0 aliphatic heterocycles. The van der Waals surface area contributed by atoms with E-state index in [0.29, 0.717) is 34.1 Å². The Kier molecular flexibility index (Phi) is 8.27. The summed E-state index contributed by atoms with van der Waals surface area (Å²) in [4.78, 5) is 23.7. The van der Waals surface area contributed by atoms with Crippen molar-refractivity contribution >= 4 is 44.5 Å². The van der Waals surface area contributed by atoms with E-state index in [1.807, 2.05) is 0 Å². The first kappa shape index (κ1) is 28.4. The van der Waals surface area contributed by atoms with E-state index in [2.05, 4.69) is 10.6 Å². The van der Waals surface area contributed by atoms with Crippen molar-refractivity contribution in [3.8, 4) is 0 Å². The first-order valence-electron chi connectivity index (χ1n) is 12.0. The van der Waals surface area contributed by atoms with Crippen molar-refractivity contribution in [1.29, 1.82) is 0 Å². The number of alkyl halides is 6. The van der Waals surface area contributed by atoms with Crippen LogP contribution < -0.4 is 10.6 Å². The fourth-order valence-electron chi connectivity index (χ4n) is 4.19. The Bertz CT molecular complexity index is 1490. The maximum atomic E-state index is 13.1. The number of hydrogen-bond donors (Lipinski definition) is 2. The van der Waals surface area contributed by atoms with Crippen molar-refractivity contribution in [2.24, 2.45) is 0 Å². The molecule has 2 N–H and O–H groups in total. The zero-order valence-electron chi connectivity index (χ0n) is 20.7. The second kappa shape index (κ2) is 11.6. The Morgan fingerprint density at radius 2 is 0.900 bits per heavy atom. The minimum Gasteiger partial charge on any atom is -0.383 e. The number of benzene rings is 4. The molecule has 0 fully saturated rings. The summed E-state index contributed by atoms with van der Waals surface area (Å²) >= 11 is 0. The van der Waals surface area contributed by atoms with Gasteiger partial charge in [0.2, 0.25) is 0 Å². The minimum absolute atomic E-state index is 0.0947. The van der Waals surface area contributed by atoms with E-state index in [-0.39, 0.29) is 24.5 Å². The summed E-state index contributed by atoms with van der Waals surface area (Å²) in [7, 11) is 0. The summed E-state index contributed by atoms with van der Waals surface area (Å²) < 4.78 is 78.6. The number of allylic oxidation sites excluding steroid dienone is 2. The molecule has 0 bridgehead atoms. The molecule has 4 aromatic carbocycles. The van der Waals surface area contributed by atoms with Gasteiger partial charge >= 0.3 is 12.4 Å². The van der Waals surface area contributed by atoms with Crippen LogP contribution in [0.2, 0.25) is 0 Å². The van der Waals surface area contributed by atoms with E-state index in [4.69, 9.17) is 0 Å². The van der Waals surface area contributed by atoms with Crippen LogP contribution in [0, 0.1) is 0 Å². The highest BCUT2D eigenvalue weighted by atomic mass is 19.4. The van der Waals surface area contributed by atoms with Gasteiger partial charge in [-0.25, -0.2) is 0 Å². The molecule has 0 aliphatic rings. The Balaban J connectivity index is 1.62. The molecule has 0 amide bonds. The van der Waals surface area contributed by atoms with E-state index in [1.165, 1.54) is 0 Å². The number of nitrogens with one attached hydrogen (secondary N) is 2. The number of rotatable bonds is 9. The smallest absolute Gasteiger partial charge is 0.383 e. The summed E-state index contributed by atoms with van der Waals surface area (Å²) in [5.74, 6) is -4.13. The van der Waals surface area contributed by atoms with Crippen molar-refractivity contribution in [1.82, 2.24) is 10.6 Å². The highest BCUT2D eigenvalue weighted by molar-refractivity contribution is 6.04. The highest BCUT2D eigenvalue weighted by Crippen LogP contribution is 2.27. The zero-order valence-corrected chi connectivity index (χ0v) is 20.7. The molecule has 0 saturated heterocycles. The average Bonchev–Trinajstić information content (AvgIpc) is 2.92. The molecule has 0 atom stereocenters. The quantitative estimate of drug-likeness (QED) is 0.135. The normalized spacial score (nSPS) is 12.9. The van der Waals surface area contributed by atoms with E-state index in [1.54, 1.807) is 84.9 Å². The molecule has 0 spiro atoms. The van der Waals surface area contributed by atoms with Gasteiger partial charge in [-0.15, -0.1) is 0 Å². The third-order valence-electron chi connectivity index (χ3n) is 6.03. The van der Waals surface area contributed by atoms with Crippen LogP contribution in [-0.2, 0) is 9.59 Å². The molecule has 0 unspecified atom stereocenters. The molecule has 0 saturated carbocycles. The van der Waals surface area contributed by atoms with Gasteiger partial charge in [-0.3, -0.25) is 9.59 Å². The van der Waals surface area contributed by atoms with Gasteiger partial charge in [0.1, 0.15) is 0 Å². The molecule has 0 aromatic heterocycles. The van der Waals surface area contributed by atoms with Crippen LogP contribution in [0.25, 0.3) is 32.9 Å². The maximum Gasteiger partial charge on any atom is 0.454 e. The van der Waals surface area contributed by atoms with Gasteiger partial charge in [0.05, 0.1) is 0 Å². The first-order chi connectivity index (χ1) is 18.9. The lowest BCUT2D eigenvalue weighted by atomic mass is 10.0. The van der Waals surface area contributed by atoms with Crippen LogP contribution in [0.5, 0.6) is 0 Å². The summed E-state index contributed by atoms with van der Waals surface area (Å²) in [6.45, 7) is -0.189. The first-order valence-corrected chi connectivity index (χ1v) is 12.0. The average molecular weight is 557 g/mol. The third kappa shape index (κ3) is 6.69.